The monoisotopic (exact) mass is 1290 g/mol. The summed E-state index contributed by atoms with van der Waals surface area (Å²) in [6.07, 6.45) is 1.35. The maximum atomic E-state index is 13.5. The van der Waals surface area contributed by atoms with Crippen molar-refractivity contribution in [3.05, 3.63) is 124 Å². The number of hydrogen-bond donors (Lipinski definition) is 12. The Morgan fingerprint density at radius 2 is 0.877 bits per heavy atom. The van der Waals surface area contributed by atoms with E-state index in [1.165, 1.54) is 0 Å². The number of halogens is 2. The molecular formula is C38H31Cl2CoN16O20S4+5. The number of carbonyl (C=O) groups excluding carboxylic acids is 2. The number of aromatic hydroxyl groups is 2. The number of benzene rings is 4. The van der Waals surface area contributed by atoms with E-state index in [0.29, 0.717) is 12.2 Å². The number of phenolic OH excluding ortho intramolecular Hbond substituents is 2. The second-order valence-electron chi connectivity index (χ2n) is 15.3. The average molecular weight is 1290 g/mol. The number of fused-ring (bicyclic) bond motifs is 2. The Hall–Kier alpha value is -9.01. The van der Waals surface area contributed by atoms with Gasteiger partial charge in [-0.15, -0.1) is 0 Å². The SMILES string of the molecule is Nc1nc(Cl)nc(Nc2cc(S(=O)(=O)O)cc3c2C(=O)/C(=N/Nc2cc([N+](=O)[O-])ccc2O)C(S(=O)(=O)O)=C3)n1.Nc1nc(Cl)nc(Nc2cc(S(=O)(=O)O)cc3c2C(=O)/C(=N/Nc2cc([N+](=O)[O-])ccc2O)C(S(=O)(=O)O)=C3)n1.[Co].[H+].[H+].[H+].[H+].[H+]. The van der Waals surface area contributed by atoms with E-state index in [4.69, 9.17) is 34.7 Å². The molecule has 0 saturated carbocycles. The van der Waals surface area contributed by atoms with Gasteiger partial charge in [0.2, 0.25) is 45.9 Å². The molecule has 0 fully saturated rings. The van der Waals surface area contributed by atoms with Crippen molar-refractivity contribution in [3.63, 3.8) is 0 Å². The van der Waals surface area contributed by atoms with Crippen LogP contribution >= 0.6 is 23.2 Å². The van der Waals surface area contributed by atoms with Gasteiger partial charge < -0.3 is 32.3 Å². The first-order valence-corrected chi connectivity index (χ1v) is 26.9. The molecule has 2 aliphatic rings. The number of non-ortho nitro benzene ring substituents is 2. The number of hydrazone groups is 2. The zero-order valence-electron chi connectivity index (χ0n) is 43.7. The fourth-order valence-corrected chi connectivity index (χ4v) is 9.49. The number of nitrogens with zero attached hydrogens (tertiary/aromatic N) is 10. The Balaban J connectivity index is 0.000000804. The van der Waals surface area contributed by atoms with E-state index in [1.807, 2.05) is 0 Å². The summed E-state index contributed by atoms with van der Waals surface area (Å²) in [5.74, 6) is -5.12. The average Bonchev–Trinajstić information content (AvgIpc) is 3.51. The number of nitro benzene ring substituents is 2. The number of anilines is 8. The van der Waals surface area contributed by atoms with Gasteiger partial charge in [0.1, 0.15) is 32.7 Å². The Bertz CT molecular complexity index is 4060. The maximum Gasteiger partial charge on any atom is 1.00 e. The molecule has 0 aliphatic heterocycles. The van der Waals surface area contributed by atoms with Crippen LogP contribution in [0, 0.1) is 20.2 Å². The van der Waals surface area contributed by atoms with Crippen molar-refractivity contribution in [2.45, 2.75) is 9.79 Å². The first-order chi connectivity index (χ1) is 37.1. The van der Waals surface area contributed by atoms with Crippen molar-refractivity contribution < 1.29 is 105 Å². The van der Waals surface area contributed by atoms with Gasteiger partial charge in [0.05, 0.1) is 42.1 Å². The molecule has 81 heavy (non-hydrogen) atoms. The van der Waals surface area contributed by atoms with Crippen molar-refractivity contribution in [2.75, 3.05) is 33.0 Å². The number of nitrogen functional groups attached to an aromatic ring is 2. The molecule has 425 valence electrons. The van der Waals surface area contributed by atoms with Crippen LogP contribution in [-0.2, 0) is 57.3 Å². The number of allylic oxidation sites excluding steroid dienone is 2. The second kappa shape index (κ2) is 23.0. The number of nitro groups is 2. The van der Waals surface area contributed by atoms with Gasteiger partial charge in [0.25, 0.3) is 51.8 Å². The normalized spacial score (nSPS) is 14.2. The molecule has 2 aliphatic carbocycles. The summed E-state index contributed by atoms with van der Waals surface area (Å²) in [7, 11) is -20.3. The fraction of sp³-hybridized carbons (Fsp3) is 0. The molecule has 14 N–H and O–H groups in total. The molecule has 1 radical (unpaired) electrons. The van der Waals surface area contributed by atoms with Crippen molar-refractivity contribution in [1.82, 2.24) is 29.9 Å². The van der Waals surface area contributed by atoms with E-state index in [-0.39, 0.29) is 47.7 Å². The first kappa shape index (κ1) is 61.2. The zero-order chi connectivity index (χ0) is 59.1. The zero-order valence-corrected chi connectivity index (χ0v) is 44.5. The van der Waals surface area contributed by atoms with E-state index >= 15 is 0 Å². The van der Waals surface area contributed by atoms with Crippen LogP contribution in [0.1, 0.15) is 39.0 Å². The van der Waals surface area contributed by atoms with Crippen LogP contribution < -0.4 is 33.0 Å². The smallest absolute Gasteiger partial charge is 0.506 e. The summed E-state index contributed by atoms with van der Waals surface area (Å²) >= 11 is 11.5. The summed E-state index contributed by atoms with van der Waals surface area (Å²) in [5.41, 5.74) is 9.00. The number of carbonyl (C=O) groups is 2. The van der Waals surface area contributed by atoms with Crippen molar-refractivity contribution in [2.24, 2.45) is 10.2 Å². The Morgan fingerprint density at radius 1 is 0.531 bits per heavy atom. The number of nitrogens with one attached hydrogen (secondary N) is 4. The summed E-state index contributed by atoms with van der Waals surface area (Å²) in [6, 6.07) is 8.50. The summed E-state index contributed by atoms with van der Waals surface area (Å²) in [5, 5.41) is 53.6. The van der Waals surface area contributed by atoms with Gasteiger partial charge in [0.15, 0.2) is 11.4 Å². The molecule has 0 spiro atoms. The van der Waals surface area contributed by atoms with Crippen LogP contribution in [-0.4, -0.2) is 125 Å². The number of aromatic nitrogens is 6. The Kier molecular flexibility index (Phi) is 17.4. The summed E-state index contributed by atoms with van der Waals surface area (Å²) in [6.45, 7) is 0. The molecule has 0 bridgehead atoms. The number of Topliss-reactive ketones (excluding diaryl/α,β-unsaturated/α-hetero) is 2. The molecule has 2 aromatic heterocycles. The molecule has 0 unspecified atom stereocenters. The van der Waals surface area contributed by atoms with Gasteiger partial charge in [0, 0.05) is 41.0 Å². The molecule has 2 heterocycles. The third-order valence-corrected chi connectivity index (χ3v) is 13.8. The number of nitrogens with two attached hydrogens (primary N) is 2. The standard InChI is InChI=1S/2C19H13ClN8O10S2.Co/c2*20-17-23-18(21)25-19(24-17)22-11-6-9(39(33,34)35)3-7-4-13(40(36,37)38)15(16(30)14(7)11)27-26-10-5-8(28(31)32)1-2-12(10)29;/h2*1-6,26,29H,(H,33,34,35)(H,36,37,38)(H3,21,22,23,24,25);/p+5/b2*27-15+;. The van der Waals surface area contributed by atoms with Crippen LogP contribution in [0.4, 0.5) is 57.9 Å². The summed E-state index contributed by atoms with van der Waals surface area (Å²) in [4.78, 5) is 65.8. The molecule has 43 heteroatoms. The fourth-order valence-electron chi connectivity index (χ4n) is 6.76. The van der Waals surface area contributed by atoms with Crippen molar-refractivity contribution in [1.29, 1.82) is 0 Å². The maximum absolute atomic E-state index is 13.5. The van der Waals surface area contributed by atoms with Crippen LogP contribution in [0.15, 0.2) is 90.5 Å². The van der Waals surface area contributed by atoms with Crippen LogP contribution in [0.3, 0.4) is 0 Å². The number of ketones is 2. The number of rotatable bonds is 14. The molecule has 0 saturated heterocycles. The quantitative estimate of drug-likeness (QED) is 0.0319. The van der Waals surface area contributed by atoms with Gasteiger partial charge in [-0.2, -0.15) is 73.8 Å². The molecule has 36 nitrogen and oxygen atoms in total. The van der Waals surface area contributed by atoms with E-state index in [2.05, 4.69) is 61.6 Å². The predicted molar refractivity (Wildman–Crippen MR) is 282 cm³/mol. The van der Waals surface area contributed by atoms with E-state index in [9.17, 15) is 91.9 Å². The third kappa shape index (κ3) is 14.1. The minimum Gasteiger partial charge on any atom is -0.506 e. The minimum atomic E-state index is -5.22. The van der Waals surface area contributed by atoms with E-state index in [0.717, 1.165) is 60.7 Å². The van der Waals surface area contributed by atoms with Gasteiger partial charge in [-0.3, -0.25) is 58.9 Å². The number of hydrogen-bond acceptors (Lipinski definition) is 30. The number of phenols is 2. The second-order valence-corrected chi connectivity index (χ2v) is 21.6. The minimum absolute atomic E-state index is 0. The molecule has 0 amide bonds. The Morgan fingerprint density at radius 3 is 1.17 bits per heavy atom. The molecule has 8 rings (SSSR count). The molecular weight excluding hydrogens is 1260 g/mol. The molecule has 0 atom stereocenters. The third-order valence-electron chi connectivity index (χ3n) is 10.1. The van der Waals surface area contributed by atoms with Crippen LogP contribution in [0.25, 0.3) is 12.2 Å². The van der Waals surface area contributed by atoms with Crippen molar-refractivity contribution in [3.8, 4) is 11.5 Å². The van der Waals surface area contributed by atoms with Gasteiger partial charge in [-0.1, -0.05) is 0 Å². The van der Waals surface area contributed by atoms with Crippen molar-refractivity contribution >= 4 is 157 Å². The topological polar surface area (TPSA) is 581 Å². The van der Waals surface area contributed by atoms with Gasteiger partial charge in [-0.05, 0) is 82.9 Å². The van der Waals surface area contributed by atoms with Gasteiger partial charge in [-0.25, -0.2) is 0 Å². The largest absolute Gasteiger partial charge is 1.00 e. The van der Waals surface area contributed by atoms with E-state index in [1.54, 1.807) is 0 Å². The predicted octanol–water partition coefficient (Wildman–Crippen LogP) is 3.77. The molecule has 4 aromatic carbocycles. The first-order valence-electron chi connectivity index (χ1n) is 20.4. The summed E-state index contributed by atoms with van der Waals surface area (Å²) < 4.78 is 135. The Labute approximate surface area is 477 Å². The molecule has 6 aromatic rings. The van der Waals surface area contributed by atoms with Crippen LogP contribution in [0.2, 0.25) is 10.6 Å². The van der Waals surface area contributed by atoms with E-state index < -0.39 is 171 Å². The van der Waals surface area contributed by atoms with Gasteiger partial charge >= 0.3 is 7.13 Å². The van der Waals surface area contributed by atoms with Crippen LogP contribution in [0.5, 0.6) is 11.5 Å².